The molecule has 0 spiro atoms. The molecule has 110 valence electrons. The van der Waals surface area contributed by atoms with Crippen molar-refractivity contribution >= 4 is 33.8 Å². The molecule has 3 heterocycles. The van der Waals surface area contributed by atoms with Gasteiger partial charge in [-0.1, -0.05) is 6.92 Å². The molecule has 1 N–H and O–H groups in total. The van der Waals surface area contributed by atoms with E-state index in [9.17, 15) is 4.79 Å². The molecule has 0 unspecified atom stereocenters. The van der Waals surface area contributed by atoms with Gasteiger partial charge >= 0.3 is 0 Å². The Balaban J connectivity index is 2.44. The fraction of sp³-hybridized carbons (Fsp3) is 0.357. The third kappa shape index (κ3) is 2.08. The van der Waals surface area contributed by atoms with E-state index in [-0.39, 0.29) is 5.56 Å². The first kappa shape index (κ1) is 14.2. The van der Waals surface area contributed by atoms with E-state index in [0.29, 0.717) is 10.6 Å². The number of aryl methyl sites for hydroxylation is 4. The smallest absolute Gasteiger partial charge is 0.269 e. The van der Waals surface area contributed by atoms with Crippen LogP contribution in [0.5, 0.6) is 0 Å². The molecule has 0 aromatic carbocycles. The highest BCUT2D eigenvalue weighted by atomic mass is 32.1. The van der Waals surface area contributed by atoms with E-state index >= 15 is 0 Å². The van der Waals surface area contributed by atoms with Crippen LogP contribution in [-0.4, -0.2) is 19.3 Å². The van der Waals surface area contributed by atoms with Crippen molar-refractivity contribution in [3.63, 3.8) is 0 Å². The van der Waals surface area contributed by atoms with Gasteiger partial charge in [-0.05, 0) is 38.0 Å². The van der Waals surface area contributed by atoms with Gasteiger partial charge in [-0.3, -0.25) is 9.48 Å². The molecule has 0 saturated heterocycles. The summed E-state index contributed by atoms with van der Waals surface area (Å²) in [5.74, 6) is 0.564. The van der Waals surface area contributed by atoms with E-state index in [1.807, 2.05) is 27.0 Å². The molecule has 3 aromatic heterocycles. The summed E-state index contributed by atoms with van der Waals surface area (Å²) in [4.78, 5) is 18.1. The van der Waals surface area contributed by atoms with Crippen molar-refractivity contribution in [2.45, 2.75) is 27.2 Å². The average molecular weight is 320 g/mol. The van der Waals surface area contributed by atoms with Crippen LogP contribution < -0.4 is 5.56 Å². The number of rotatable bonds is 2. The maximum atomic E-state index is 12.9. The fourth-order valence-electron chi connectivity index (χ4n) is 2.53. The summed E-state index contributed by atoms with van der Waals surface area (Å²) >= 11 is 6.94. The van der Waals surface area contributed by atoms with Crippen LogP contribution in [0.4, 0.5) is 0 Å². The van der Waals surface area contributed by atoms with Crippen LogP contribution >= 0.6 is 23.6 Å². The van der Waals surface area contributed by atoms with Gasteiger partial charge in [0.1, 0.15) is 4.83 Å². The highest BCUT2D eigenvalue weighted by Crippen LogP contribution is 2.27. The van der Waals surface area contributed by atoms with Crippen LogP contribution in [-0.2, 0) is 13.5 Å². The molecule has 0 aliphatic rings. The Morgan fingerprint density at radius 3 is 2.71 bits per heavy atom. The first-order valence-electron chi connectivity index (χ1n) is 6.72. The second-order valence-electron chi connectivity index (χ2n) is 5.03. The lowest BCUT2D eigenvalue weighted by Crippen LogP contribution is -2.21. The largest absolute Gasteiger partial charge is 0.323 e. The Hall–Kier alpha value is -1.73. The van der Waals surface area contributed by atoms with Gasteiger partial charge in [0.2, 0.25) is 0 Å². The summed E-state index contributed by atoms with van der Waals surface area (Å²) in [5.41, 5.74) is 1.98. The van der Waals surface area contributed by atoms with Gasteiger partial charge in [0.25, 0.3) is 5.56 Å². The molecule has 0 fully saturated rings. The normalized spacial score (nSPS) is 11.4. The van der Waals surface area contributed by atoms with Crippen molar-refractivity contribution in [2.75, 3.05) is 0 Å². The fourth-order valence-corrected chi connectivity index (χ4v) is 4.01. The van der Waals surface area contributed by atoms with Crippen LogP contribution in [0.25, 0.3) is 16.0 Å². The minimum atomic E-state index is -0.0898. The standard InChI is InChI=1S/C14H16N4OS2/c1-5-9-8(3)21-12-11(9)13(19)18(14(20)15-12)10-6-7(2)17(4)16-10/h6H,5H2,1-4H3,(H,15,20). The molecule has 3 aromatic rings. The molecule has 0 aliphatic heterocycles. The number of aromatic amines is 1. The van der Waals surface area contributed by atoms with E-state index in [1.165, 1.54) is 4.57 Å². The van der Waals surface area contributed by atoms with Gasteiger partial charge in [0.05, 0.1) is 5.39 Å². The second-order valence-corrected chi connectivity index (χ2v) is 6.64. The molecular weight excluding hydrogens is 304 g/mol. The van der Waals surface area contributed by atoms with Crippen molar-refractivity contribution in [3.05, 3.63) is 37.3 Å². The molecule has 0 radical (unpaired) electrons. The molecule has 0 amide bonds. The average Bonchev–Trinajstić information content (AvgIpc) is 2.89. The summed E-state index contributed by atoms with van der Waals surface area (Å²) in [5, 5.41) is 5.10. The van der Waals surface area contributed by atoms with Gasteiger partial charge in [0, 0.05) is 23.7 Å². The number of fused-ring (bicyclic) bond motifs is 1. The summed E-state index contributed by atoms with van der Waals surface area (Å²) in [6.45, 7) is 6.04. The Morgan fingerprint density at radius 1 is 1.43 bits per heavy atom. The molecule has 3 rings (SSSR count). The molecular formula is C14H16N4OS2. The lowest BCUT2D eigenvalue weighted by atomic mass is 10.1. The molecule has 7 heteroatoms. The van der Waals surface area contributed by atoms with Gasteiger partial charge < -0.3 is 4.98 Å². The van der Waals surface area contributed by atoms with Crippen molar-refractivity contribution in [1.82, 2.24) is 19.3 Å². The van der Waals surface area contributed by atoms with E-state index < -0.39 is 0 Å². The molecule has 0 bridgehead atoms. The minimum Gasteiger partial charge on any atom is -0.323 e. The van der Waals surface area contributed by atoms with E-state index in [2.05, 4.69) is 17.0 Å². The summed E-state index contributed by atoms with van der Waals surface area (Å²) in [6.07, 6.45) is 0.826. The third-order valence-corrected chi connectivity index (χ3v) is 5.08. The molecule has 0 saturated carbocycles. The summed E-state index contributed by atoms with van der Waals surface area (Å²) in [6, 6.07) is 1.86. The monoisotopic (exact) mass is 320 g/mol. The van der Waals surface area contributed by atoms with E-state index in [1.54, 1.807) is 16.0 Å². The van der Waals surface area contributed by atoms with Gasteiger partial charge in [-0.2, -0.15) is 5.10 Å². The van der Waals surface area contributed by atoms with Crippen molar-refractivity contribution in [1.29, 1.82) is 0 Å². The number of hydrogen-bond acceptors (Lipinski definition) is 4. The maximum absolute atomic E-state index is 12.9. The maximum Gasteiger partial charge on any atom is 0.269 e. The first-order valence-corrected chi connectivity index (χ1v) is 7.94. The minimum absolute atomic E-state index is 0.0898. The lowest BCUT2D eigenvalue weighted by Gasteiger charge is -2.03. The van der Waals surface area contributed by atoms with Gasteiger partial charge in [0.15, 0.2) is 10.6 Å². The molecule has 0 aliphatic carbocycles. The van der Waals surface area contributed by atoms with Crippen molar-refractivity contribution in [3.8, 4) is 5.82 Å². The summed E-state index contributed by atoms with van der Waals surface area (Å²) < 4.78 is 3.60. The Bertz CT molecular complexity index is 938. The zero-order valence-electron chi connectivity index (χ0n) is 12.4. The van der Waals surface area contributed by atoms with Crippen molar-refractivity contribution < 1.29 is 0 Å². The third-order valence-electron chi connectivity index (χ3n) is 3.73. The van der Waals surface area contributed by atoms with E-state index in [4.69, 9.17) is 12.2 Å². The number of nitrogens with zero attached hydrogens (tertiary/aromatic N) is 3. The van der Waals surface area contributed by atoms with Crippen LogP contribution in [0.3, 0.4) is 0 Å². The highest BCUT2D eigenvalue weighted by Gasteiger charge is 2.16. The van der Waals surface area contributed by atoms with Crippen molar-refractivity contribution in [2.24, 2.45) is 7.05 Å². The first-order chi connectivity index (χ1) is 9.93. The van der Waals surface area contributed by atoms with Crippen LogP contribution in [0.1, 0.15) is 23.1 Å². The molecule has 5 nitrogen and oxygen atoms in total. The number of H-pyrrole nitrogens is 1. The topological polar surface area (TPSA) is 55.6 Å². The van der Waals surface area contributed by atoms with Crippen LogP contribution in [0.2, 0.25) is 0 Å². The highest BCUT2D eigenvalue weighted by molar-refractivity contribution is 7.71. The van der Waals surface area contributed by atoms with Crippen LogP contribution in [0, 0.1) is 18.6 Å². The summed E-state index contributed by atoms with van der Waals surface area (Å²) in [7, 11) is 1.85. The predicted octanol–water partition coefficient (Wildman–Crippen LogP) is 3.02. The number of thiophene rings is 1. The zero-order chi connectivity index (χ0) is 15.3. The number of nitrogens with one attached hydrogen (secondary N) is 1. The Morgan fingerprint density at radius 2 is 2.14 bits per heavy atom. The number of aromatic nitrogens is 4. The Kier molecular flexibility index (Phi) is 3.33. The molecule has 21 heavy (non-hydrogen) atoms. The number of hydrogen-bond donors (Lipinski definition) is 1. The van der Waals surface area contributed by atoms with Gasteiger partial charge in [-0.25, -0.2) is 4.57 Å². The zero-order valence-corrected chi connectivity index (χ0v) is 14.0. The molecule has 0 atom stereocenters. The quantitative estimate of drug-likeness (QED) is 0.739. The Labute approximate surface area is 130 Å². The SMILES string of the molecule is CCc1c(C)sc2[nH]c(=S)n(-c3cc(C)n(C)n3)c(=O)c12. The second kappa shape index (κ2) is 4.92. The van der Waals surface area contributed by atoms with Gasteiger partial charge in [-0.15, -0.1) is 11.3 Å². The predicted molar refractivity (Wildman–Crippen MR) is 88.2 cm³/mol. The lowest BCUT2D eigenvalue weighted by molar-refractivity contribution is 0.721. The van der Waals surface area contributed by atoms with Crippen LogP contribution in [0.15, 0.2) is 10.9 Å². The van der Waals surface area contributed by atoms with E-state index in [0.717, 1.165) is 32.8 Å².